The number of rotatable bonds is 5. The van der Waals surface area contributed by atoms with Crippen LogP contribution in [0, 0.1) is 0 Å². The van der Waals surface area contributed by atoms with Crippen molar-refractivity contribution >= 4 is 12.0 Å². The minimum Gasteiger partial charge on any atom is -0.444 e. The van der Waals surface area contributed by atoms with Crippen molar-refractivity contribution in [2.75, 3.05) is 18.4 Å². The Kier molecular flexibility index (Phi) is 4.42. The number of hydrogen-bond donors (Lipinski definition) is 2. The number of carbonyl (C=O) groups is 1. The average molecular weight is 278 g/mol. The van der Waals surface area contributed by atoms with Crippen LogP contribution in [-0.4, -0.2) is 34.8 Å². The van der Waals surface area contributed by atoms with E-state index < -0.39 is 11.7 Å². The normalized spacial score (nSPS) is 14.8. The summed E-state index contributed by atoms with van der Waals surface area (Å²) in [7, 11) is 0. The highest BCUT2D eigenvalue weighted by Crippen LogP contribution is 2.38. The monoisotopic (exact) mass is 278 g/mol. The Bertz CT molecular complexity index is 466. The fourth-order valence-corrected chi connectivity index (χ4v) is 1.72. The maximum atomic E-state index is 11.4. The van der Waals surface area contributed by atoms with E-state index in [0.29, 0.717) is 25.0 Å². The van der Waals surface area contributed by atoms with Crippen LogP contribution in [0.15, 0.2) is 12.3 Å². The molecule has 110 valence electrons. The smallest absolute Gasteiger partial charge is 0.407 e. The molecule has 1 aromatic heterocycles. The molecule has 1 amide bonds. The van der Waals surface area contributed by atoms with Crippen LogP contribution in [0.5, 0.6) is 0 Å². The van der Waals surface area contributed by atoms with E-state index in [2.05, 4.69) is 20.6 Å². The van der Waals surface area contributed by atoms with Gasteiger partial charge in [0.25, 0.3) is 0 Å². The van der Waals surface area contributed by atoms with Crippen molar-refractivity contribution in [1.82, 2.24) is 15.3 Å². The molecular formula is C14H22N4O2. The predicted octanol–water partition coefficient (Wildman–Crippen LogP) is 2.29. The lowest BCUT2D eigenvalue weighted by molar-refractivity contribution is 0.0530. The molecule has 0 aliphatic heterocycles. The molecule has 2 N–H and O–H groups in total. The van der Waals surface area contributed by atoms with Crippen molar-refractivity contribution in [2.45, 2.75) is 45.1 Å². The molecule has 1 heterocycles. The molecule has 0 spiro atoms. The molecule has 6 nitrogen and oxygen atoms in total. The minimum absolute atomic E-state index is 0.410. The second-order valence-corrected chi connectivity index (χ2v) is 5.93. The van der Waals surface area contributed by atoms with Crippen molar-refractivity contribution < 1.29 is 9.53 Å². The zero-order valence-electron chi connectivity index (χ0n) is 12.3. The molecule has 20 heavy (non-hydrogen) atoms. The fraction of sp³-hybridized carbons (Fsp3) is 0.643. The second-order valence-electron chi connectivity index (χ2n) is 5.93. The van der Waals surface area contributed by atoms with E-state index in [1.165, 1.54) is 12.8 Å². The van der Waals surface area contributed by atoms with Crippen LogP contribution in [0.2, 0.25) is 0 Å². The minimum atomic E-state index is -0.473. The van der Waals surface area contributed by atoms with E-state index in [1.54, 1.807) is 6.20 Å². The number of amides is 1. The summed E-state index contributed by atoms with van der Waals surface area (Å²) in [4.78, 5) is 20.0. The van der Waals surface area contributed by atoms with Gasteiger partial charge < -0.3 is 15.4 Å². The summed E-state index contributed by atoms with van der Waals surface area (Å²) >= 11 is 0. The number of aromatic nitrogens is 2. The molecule has 1 aliphatic rings. The van der Waals surface area contributed by atoms with Crippen LogP contribution in [0.1, 0.15) is 45.2 Å². The zero-order chi connectivity index (χ0) is 14.6. The first-order valence-corrected chi connectivity index (χ1v) is 6.98. The number of hydrogen-bond acceptors (Lipinski definition) is 5. The van der Waals surface area contributed by atoms with Crippen LogP contribution in [-0.2, 0) is 4.74 Å². The van der Waals surface area contributed by atoms with Crippen molar-refractivity contribution in [2.24, 2.45) is 0 Å². The van der Waals surface area contributed by atoms with E-state index in [-0.39, 0.29) is 0 Å². The lowest BCUT2D eigenvalue weighted by Crippen LogP contribution is -2.35. The zero-order valence-corrected chi connectivity index (χ0v) is 12.3. The summed E-state index contributed by atoms with van der Waals surface area (Å²) in [5, 5.41) is 5.77. The van der Waals surface area contributed by atoms with E-state index >= 15 is 0 Å². The fourth-order valence-electron chi connectivity index (χ4n) is 1.72. The molecule has 0 bridgehead atoms. The van der Waals surface area contributed by atoms with Crippen molar-refractivity contribution in [3.05, 3.63) is 18.0 Å². The van der Waals surface area contributed by atoms with Crippen molar-refractivity contribution in [3.8, 4) is 0 Å². The molecule has 0 radical (unpaired) electrons. The molecule has 1 saturated carbocycles. The summed E-state index contributed by atoms with van der Waals surface area (Å²) in [6.07, 6.45) is 3.80. The molecule has 0 unspecified atom stereocenters. The standard InChI is InChI=1S/C14H22N4O2/c1-14(2,3)20-13(19)17-9-8-16-12-15-7-6-11(18-12)10-4-5-10/h6-7,10H,4-5,8-9H2,1-3H3,(H,17,19)(H,15,16,18). The van der Waals surface area contributed by atoms with Gasteiger partial charge in [-0.2, -0.15) is 0 Å². The Morgan fingerprint density at radius 1 is 1.40 bits per heavy atom. The summed E-state index contributed by atoms with van der Waals surface area (Å²) < 4.78 is 5.14. The Hall–Kier alpha value is -1.85. The molecule has 1 aromatic rings. The summed E-state index contributed by atoms with van der Waals surface area (Å²) in [5.41, 5.74) is 0.627. The maximum Gasteiger partial charge on any atom is 0.407 e. The van der Waals surface area contributed by atoms with Gasteiger partial charge in [0.2, 0.25) is 5.95 Å². The first-order chi connectivity index (χ1) is 9.44. The molecule has 0 aromatic carbocycles. The lowest BCUT2D eigenvalue weighted by Gasteiger charge is -2.19. The Morgan fingerprint density at radius 3 is 2.80 bits per heavy atom. The number of alkyl carbamates (subject to hydrolysis) is 1. The van der Waals surface area contributed by atoms with Crippen molar-refractivity contribution in [3.63, 3.8) is 0 Å². The van der Waals surface area contributed by atoms with E-state index in [9.17, 15) is 4.79 Å². The van der Waals surface area contributed by atoms with Gasteiger partial charge >= 0.3 is 6.09 Å². The van der Waals surface area contributed by atoms with Gasteiger partial charge in [0.1, 0.15) is 5.60 Å². The van der Waals surface area contributed by atoms with Crippen LogP contribution in [0.4, 0.5) is 10.7 Å². The predicted molar refractivity (Wildman–Crippen MR) is 76.7 cm³/mol. The third kappa shape index (κ3) is 5.03. The van der Waals surface area contributed by atoms with Gasteiger partial charge in [-0.1, -0.05) is 0 Å². The quantitative estimate of drug-likeness (QED) is 0.808. The third-order valence-electron chi connectivity index (χ3n) is 2.75. The number of anilines is 1. The molecule has 0 saturated heterocycles. The van der Waals surface area contributed by atoms with Gasteiger partial charge in [-0.25, -0.2) is 14.8 Å². The first kappa shape index (κ1) is 14.6. The topological polar surface area (TPSA) is 76.1 Å². The SMILES string of the molecule is CC(C)(C)OC(=O)NCCNc1nccc(C2CC2)n1. The maximum absolute atomic E-state index is 11.4. The highest BCUT2D eigenvalue weighted by Gasteiger charge is 2.25. The van der Waals surface area contributed by atoms with Gasteiger partial charge in [-0.3, -0.25) is 0 Å². The second kappa shape index (κ2) is 6.07. The molecule has 1 aliphatic carbocycles. The number of nitrogens with zero attached hydrogens (tertiary/aromatic N) is 2. The van der Waals surface area contributed by atoms with Gasteiger partial charge in [0.05, 0.1) is 0 Å². The summed E-state index contributed by atoms with van der Waals surface area (Å²) in [6, 6.07) is 1.96. The van der Waals surface area contributed by atoms with Gasteiger partial charge in [0.15, 0.2) is 0 Å². The summed E-state index contributed by atoms with van der Waals surface area (Å²) in [6.45, 7) is 6.53. The molecule has 1 fully saturated rings. The first-order valence-electron chi connectivity index (χ1n) is 6.98. The van der Waals surface area contributed by atoms with Crippen LogP contribution >= 0.6 is 0 Å². The molecular weight excluding hydrogens is 256 g/mol. The largest absolute Gasteiger partial charge is 0.444 e. The Morgan fingerprint density at radius 2 is 2.15 bits per heavy atom. The van der Waals surface area contributed by atoms with Crippen LogP contribution in [0.25, 0.3) is 0 Å². The highest BCUT2D eigenvalue weighted by molar-refractivity contribution is 5.67. The molecule has 2 rings (SSSR count). The lowest BCUT2D eigenvalue weighted by atomic mass is 10.2. The third-order valence-corrected chi connectivity index (χ3v) is 2.75. The summed E-state index contributed by atoms with van der Waals surface area (Å²) in [5.74, 6) is 1.22. The van der Waals surface area contributed by atoms with E-state index in [0.717, 1.165) is 5.69 Å². The van der Waals surface area contributed by atoms with E-state index in [1.807, 2.05) is 26.8 Å². The highest BCUT2D eigenvalue weighted by atomic mass is 16.6. The Balaban J connectivity index is 1.68. The van der Waals surface area contributed by atoms with Crippen molar-refractivity contribution in [1.29, 1.82) is 0 Å². The Labute approximate surface area is 119 Å². The van der Waals surface area contributed by atoms with Gasteiger partial charge in [-0.05, 0) is 39.7 Å². The van der Waals surface area contributed by atoms with E-state index in [4.69, 9.17) is 4.74 Å². The van der Waals surface area contributed by atoms with Crippen LogP contribution in [0.3, 0.4) is 0 Å². The molecule has 6 heteroatoms. The van der Waals surface area contributed by atoms with Gasteiger partial charge in [-0.15, -0.1) is 0 Å². The number of nitrogens with one attached hydrogen (secondary N) is 2. The molecule has 0 atom stereocenters. The van der Waals surface area contributed by atoms with Gasteiger partial charge in [0, 0.05) is 30.9 Å². The number of carbonyl (C=O) groups excluding carboxylic acids is 1. The van der Waals surface area contributed by atoms with Crippen LogP contribution < -0.4 is 10.6 Å². The average Bonchev–Trinajstić information content (AvgIpc) is 3.17. The number of ether oxygens (including phenoxy) is 1.